The molecular formula is C19H17FN6O2. The lowest BCUT2D eigenvalue weighted by molar-refractivity contribution is 0.181. The summed E-state index contributed by atoms with van der Waals surface area (Å²) in [5.41, 5.74) is 3.19. The van der Waals surface area contributed by atoms with Crippen molar-refractivity contribution in [3.63, 3.8) is 0 Å². The van der Waals surface area contributed by atoms with Crippen LogP contribution in [0.25, 0.3) is 11.1 Å². The van der Waals surface area contributed by atoms with Gasteiger partial charge in [0.1, 0.15) is 18.8 Å². The zero-order valence-corrected chi connectivity index (χ0v) is 15.1. The molecule has 0 atom stereocenters. The molecule has 0 aliphatic carbocycles. The highest BCUT2D eigenvalue weighted by Crippen LogP contribution is 2.21. The Morgan fingerprint density at radius 1 is 1.18 bits per heavy atom. The average molecular weight is 380 g/mol. The van der Waals surface area contributed by atoms with Crippen LogP contribution in [-0.4, -0.2) is 39.2 Å². The van der Waals surface area contributed by atoms with Crippen molar-refractivity contribution in [3.8, 4) is 11.1 Å². The molecule has 2 aromatic heterocycles. The predicted molar refractivity (Wildman–Crippen MR) is 100 cm³/mol. The van der Waals surface area contributed by atoms with Crippen molar-refractivity contribution in [1.29, 1.82) is 0 Å². The van der Waals surface area contributed by atoms with E-state index in [1.54, 1.807) is 25.3 Å². The molecule has 0 spiro atoms. The summed E-state index contributed by atoms with van der Waals surface area (Å²) in [4.78, 5) is 29.7. The van der Waals surface area contributed by atoms with Crippen molar-refractivity contribution in [2.75, 3.05) is 23.4 Å². The summed E-state index contributed by atoms with van der Waals surface area (Å²) < 4.78 is 18.3. The van der Waals surface area contributed by atoms with Gasteiger partial charge in [0.15, 0.2) is 0 Å². The number of anilines is 2. The maximum atomic E-state index is 13.4. The summed E-state index contributed by atoms with van der Waals surface area (Å²) in [5.74, 6) is 0.358. The van der Waals surface area contributed by atoms with E-state index in [2.05, 4.69) is 25.3 Å². The molecule has 1 amide bonds. The number of pyridine rings is 1. The molecule has 1 aromatic carbocycles. The van der Waals surface area contributed by atoms with Gasteiger partial charge in [-0.25, -0.2) is 24.1 Å². The van der Waals surface area contributed by atoms with Crippen LogP contribution in [-0.2, 0) is 11.3 Å². The fraction of sp³-hybridized carbons (Fsp3) is 0.211. The third-order valence-electron chi connectivity index (χ3n) is 4.31. The van der Waals surface area contributed by atoms with E-state index in [4.69, 9.17) is 4.74 Å². The van der Waals surface area contributed by atoms with E-state index in [9.17, 15) is 9.18 Å². The first-order valence-corrected chi connectivity index (χ1v) is 8.69. The number of cyclic esters (lactones) is 1. The number of halogens is 1. The Bertz CT molecular complexity index is 1010. The molecule has 1 aliphatic heterocycles. The van der Waals surface area contributed by atoms with Gasteiger partial charge in [0, 0.05) is 11.8 Å². The molecule has 0 saturated carbocycles. The molecule has 0 radical (unpaired) electrons. The summed E-state index contributed by atoms with van der Waals surface area (Å²) in [5, 5.41) is 3.06. The number of rotatable bonds is 5. The second-order valence-electron chi connectivity index (χ2n) is 6.23. The van der Waals surface area contributed by atoms with Crippen LogP contribution in [0.3, 0.4) is 0 Å². The molecule has 9 heteroatoms. The number of nitrogens with zero attached hydrogens (tertiary/aromatic N) is 5. The Morgan fingerprint density at radius 3 is 2.75 bits per heavy atom. The van der Waals surface area contributed by atoms with Crippen molar-refractivity contribution < 1.29 is 13.9 Å². The van der Waals surface area contributed by atoms with Gasteiger partial charge in [-0.15, -0.1) is 0 Å². The molecule has 1 aliphatic rings. The number of benzene rings is 1. The Kier molecular flexibility index (Phi) is 4.79. The molecule has 4 rings (SSSR count). The van der Waals surface area contributed by atoms with Crippen molar-refractivity contribution in [1.82, 2.24) is 19.9 Å². The summed E-state index contributed by atoms with van der Waals surface area (Å²) >= 11 is 0. The van der Waals surface area contributed by atoms with Crippen molar-refractivity contribution >= 4 is 18.0 Å². The maximum absolute atomic E-state index is 13.4. The predicted octanol–water partition coefficient (Wildman–Crippen LogP) is 2.95. The lowest BCUT2D eigenvalue weighted by Gasteiger charge is -2.11. The highest BCUT2D eigenvalue weighted by Gasteiger charge is 2.26. The third-order valence-corrected chi connectivity index (χ3v) is 4.31. The fourth-order valence-corrected chi connectivity index (χ4v) is 2.77. The first-order valence-electron chi connectivity index (χ1n) is 8.69. The number of carbonyl (C=O) groups is 1. The number of carbonyl (C=O) groups excluding carboxylic acids is 1. The number of aromatic nitrogens is 4. The van der Waals surface area contributed by atoms with E-state index >= 15 is 0 Å². The Morgan fingerprint density at radius 2 is 2.04 bits per heavy atom. The molecule has 28 heavy (non-hydrogen) atoms. The van der Waals surface area contributed by atoms with Gasteiger partial charge in [0.05, 0.1) is 18.8 Å². The third kappa shape index (κ3) is 3.73. The normalized spacial score (nSPS) is 13.5. The monoisotopic (exact) mass is 380 g/mol. The molecule has 3 heterocycles. The lowest BCUT2D eigenvalue weighted by Crippen LogP contribution is -2.26. The van der Waals surface area contributed by atoms with Crippen LogP contribution >= 0.6 is 0 Å². The molecule has 0 bridgehead atoms. The minimum Gasteiger partial charge on any atom is -0.447 e. The van der Waals surface area contributed by atoms with Gasteiger partial charge < -0.3 is 10.1 Å². The number of ether oxygens (including phenoxy) is 1. The highest BCUT2D eigenvalue weighted by molar-refractivity contribution is 5.87. The number of aryl methyl sites for hydroxylation is 1. The minimum atomic E-state index is -0.467. The Balaban J connectivity index is 1.42. The van der Waals surface area contributed by atoms with Crippen LogP contribution in [0.2, 0.25) is 0 Å². The molecule has 1 N–H and O–H groups in total. The van der Waals surface area contributed by atoms with Crippen molar-refractivity contribution in [2.24, 2.45) is 0 Å². The van der Waals surface area contributed by atoms with E-state index in [0.717, 1.165) is 16.8 Å². The van der Waals surface area contributed by atoms with Gasteiger partial charge in [-0.1, -0.05) is 12.1 Å². The first kappa shape index (κ1) is 17.8. The Hall–Kier alpha value is -3.62. The number of hydrogen-bond acceptors (Lipinski definition) is 7. The van der Waals surface area contributed by atoms with Crippen LogP contribution in [0.15, 0.2) is 42.9 Å². The topological polar surface area (TPSA) is 93.1 Å². The fourth-order valence-electron chi connectivity index (χ4n) is 2.77. The second kappa shape index (κ2) is 7.55. The van der Waals surface area contributed by atoms with Crippen LogP contribution in [0, 0.1) is 12.7 Å². The molecular weight excluding hydrogens is 363 g/mol. The SMILES string of the molecule is Cc1cc(-c2ccc(CNc3ncnc(N4CCOC4=O)n3)nc2)ccc1F. The first-order chi connectivity index (χ1) is 13.6. The van der Waals surface area contributed by atoms with E-state index in [-0.39, 0.29) is 11.8 Å². The van der Waals surface area contributed by atoms with Gasteiger partial charge in [-0.3, -0.25) is 4.98 Å². The largest absolute Gasteiger partial charge is 0.447 e. The smallest absolute Gasteiger partial charge is 0.416 e. The summed E-state index contributed by atoms with van der Waals surface area (Å²) in [7, 11) is 0. The van der Waals surface area contributed by atoms with Crippen LogP contribution in [0.5, 0.6) is 0 Å². The van der Waals surface area contributed by atoms with Gasteiger partial charge in [0.2, 0.25) is 11.9 Å². The average Bonchev–Trinajstić information content (AvgIpc) is 3.15. The zero-order chi connectivity index (χ0) is 19.5. The van der Waals surface area contributed by atoms with Crippen molar-refractivity contribution in [2.45, 2.75) is 13.5 Å². The zero-order valence-electron chi connectivity index (χ0n) is 15.1. The molecule has 1 saturated heterocycles. The van der Waals surface area contributed by atoms with Gasteiger partial charge in [0.25, 0.3) is 0 Å². The van der Waals surface area contributed by atoms with Crippen LogP contribution in [0.1, 0.15) is 11.3 Å². The maximum Gasteiger partial charge on any atom is 0.416 e. The standard InChI is InChI=1S/C19H17FN6O2/c1-12-8-13(3-5-16(12)20)14-2-4-15(21-9-14)10-22-17-23-11-24-18(25-17)26-6-7-28-19(26)27/h2-5,8-9,11H,6-7,10H2,1H3,(H,22,23,24,25). The van der Waals surface area contributed by atoms with Crippen LogP contribution < -0.4 is 10.2 Å². The second-order valence-corrected chi connectivity index (χ2v) is 6.23. The van der Waals surface area contributed by atoms with E-state index in [1.165, 1.54) is 17.3 Å². The van der Waals surface area contributed by atoms with E-state index in [0.29, 0.717) is 31.2 Å². The van der Waals surface area contributed by atoms with Gasteiger partial charge in [-0.05, 0) is 36.2 Å². The van der Waals surface area contributed by atoms with E-state index in [1.807, 2.05) is 12.1 Å². The Labute approximate surface area is 160 Å². The number of hydrogen-bond donors (Lipinski definition) is 1. The molecule has 142 valence electrons. The highest BCUT2D eigenvalue weighted by atomic mass is 19.1. The van der Waals surface area contributed by atoms with Crippen LogP contribution in [0.4, 0.5) is 21.1 Å². The molecule has 1 fully saturated rings. The minimum absolute atomic E-state index is 0.226. The quantitative estimate of drug-likeness (QED) is 0.727. The summed E-state index contributed by atoms with van der Waals surface area (Å²) in [6.07, 6.45) is 2.61. The summed E-state index contributed by atoms with van der Waals surface area (Å²) in [6.45, 7) is 2.86. The number of nitrogens with one attached hydrogen (secondary N) is 1. The lowest BCUT2D eigenvalue weighted by atomic mass is 10.0. The molecule has 3 aromatic rings. The van der Waals surface area contributed by atoms with Crippen molar-refractivity contribution in [3.05, 3.63) is 59.9 Å². The molecule has 0 unspecified atom stereocenters. The molecule has 8 nitrogen and oxygen atoms in total. The van der Waals surface area contributed by atoms with E-state index < -0.39 is 6.09 Å². The van der Waals surface area contributed by atoms with Gasteiger partial charge in [-0.2, -0.15) is 4.98 Å². The van der Waals surface area contributed by atoms with Gasteiger partial charge >= 0.3 is 6.09 Å². The summed E-state index contributed by atoms with van der Waals surface area (Å²) in [6, 6.07) is 8.78. The number of amides is 1.